The summed E-state index contributed by atoms with van der Waals surface area (Å²) in [7, 11) is 0. The molecule has 3 N–H and O–H groups in total. The van der Waals surface area contributed by atoms with Crippen molar-refractivity contribution in [1.29, 1.82) is 5.41 Å². The minimum absolute atomic E-state index is 0.0166. The van der Waals surface area contributed by atoms with E-state index < -0.39 is 23.2 Å². The van der Waals surface area contributed by atoms with Crippen molar-refractivity contribution in [3.05, 3.63) is 59.4 Å². The number of ether oxygens (including phenoxy) is 1. The molecule has 2 aromatic rings. The van der Waals surface area contributed by atoms with E-state index in [9.17, 15) is 8.78 Å². The molecule has 2 rings (SSSR count). The lowest BCUT2D eigenvalue weighted by Crippen LogP contribution is -2.13. The molecule has 0 bridgehead atoms. The normalized spacial score (nSPS) is 10.3. The molecule has 0 saturated heterocycles. The summed E-state index contributed by atoms with van der Waals surface area (Å²) in [5.41, 5.74) is 5.93. The molecule has 1 heterocycles. The summed E-state index contributed by atoms with van der Waals surface area (Å²) in [6.45, 7) is 0.101. The van der Waals surface area contributed by atoms with Gasteiger partial charge in [0.2, 0.25) is 0 Å². The summed E-state index contributed by atoms with van der Waals surface area (Å²) in [4.78, 5) is 4.08. The van der Waals surface area contributed by atoms with Gasteiger partial charge in [0.05, 0.1) is 6.61 Å². The average molecular weight is 277 g/mol. The molecular formula is C14H13F2N3O. The van der Waals surface area contributed by atoms with Crippen LogP contribution in [0.4, 0.5) is 8.78 Å². The third-order valence-electron chi connectivity index (χ3n) is 2.64. The Balaban J connectivity index is 2.05. The standard InChI is InChI=1S/C14H13F2N3O/c15-11-7-9(14(17)18)8-12(16)13(11)20-6-4-10-3-1-2-5-19-10/h1-3,5,7-8H,4,6H2,(H3,17,18). The van der Waals surface area contributed by atoms with E-state index in [-0.39, 0.29) is 12.2 Å². The maximum absolute atomic E-state index is 13.7. The van der Waals surface area contributed by atoms with Gasteiger partial charge in [-0.05, 0) is 24.3 Å². The molecule has 0 spiro atoms. The number of rotatable bonds is 5. The molecule has 0 fully saturated rings. The van der Waals surface area contributed by atoms with Crippen molar-refractivity contribution in [1.82, 2.24) is 4.98 Å². The van der Waals surface area contributed by atoms with Gasteiger partial charge in [0.15, 0.2) is 17.4 Å². The lowest BCUT2D eigenvalue weighted by atomic mass is 10.2. The maximum Gasteiger partial charge on any atom is 0.190 e. The van der Waals surface area contributed by atoms with Crippen molar-refractivity contribution >= 4 is 5.84 Å². The van der Waals surface area contributed by atoms with Gasteiger partial charge in [-0.3, -0.25) is 10.4 Å². The largest absolute Gasteiger partial charge is 0.487 e. The highest BCUT2D eigenvalue weighted by molar-refractivity contribution is 5.95. The van der Waals surface area contributed by atoms with Crippen molar-refractivity contribution in [3.8, 4) is 5.75 Å². The second-order valence-electron chi connectivity index (χ2n) is 4.10. The number of benzene rings is 1. The van der Waals surface area contributed by atoms with Gasteiger partial charge in [-0.2, -0.15) is 0 Å². The van der Waals surface area contributed by atoms with E-state index in [4.69, 9.17) is 15.9 Å². The Bertz CT molecular complexity index is 594. The van der Waals surface area contributed by atoms with E-state index in [1.165, 1.54) is 0 Å². The van der Waals surface area contributed by atoms with Gasteiger partial charge in [-0.15, -0.1) is 0 Å². The van der Waals surface area contributed by atoms with E-state index in [1.807, 2.05) is 6.07 Å². The van der Waals surface area contributed by atoms with Crippen molar-refractivity contribution in [2.45, 2.75) is 6.42 Å². The number of hydrogen-bond donors (Lipinski definition) is 2. The molecular weight excluding hydrogens is 264 g/mol. The summed E-state index contributed by atoms with van der Waals surface area (Å²) in [6, 6.07) is 7.35. The lowest BCUT2D eigenvalue weighted by Gasteiger charge is -2.09. The maximum atomic E-state index is 13.7. The van der Waals surface area contributed by atoms with Crippen molar-refractivity contribution in [2.75, 3.05) is 6.61 Å². The molecule has 0 saturated carbocycles. The molecule has 0 radical (unpaired) electrons. The summed E-state index contributed by atoms with van der Waals surface area (Å²) >= 11 is 0. The molecule has 0 atom stereocenters. The smallest absolute Gasteiger partial charge is 0.190 e. The zero-order valence-corrected chi connectivity index (χ0v) is 10.6. The second-order valence-corrected chi connectivity index (χ2v) is 4.10. The molecule has 20 heavy (non-hydrogen) atoms. The van der Waals surface area contributed by atoms with Crippen LogP contribution in [-0.2, 0) is 6.42 Å². The molecule has 104 valence electrons. The minimum atomic E-state index is -0.878. The molecule has 0 aliphatic heterocycles. The minimum Gasteiger partial charge on any atom is -0.487 e. The first-order valence-corrected chi connectivity index (χ1v) is 5.94. The Morgan fingerprint density at radius 2 is 1.95 bits per heavy atom. The third kappa shape index (κ3) is 3.28. The summed E-state index contributed by atoms with van der Waals surface area (Å²) in [5.74, 6) is -2.62. The highest BCUT2D eigenvalue weighted by Crippen LogP contribution is 2.23. The monoisotopic (exact) mass is 277 g/mol. The first-order chi connectivity index (χ1) is 9.58. The fraction of sp³-hybridized carbons (Fsp3) is 0.143. The van der Waals surface area contributed by atoms with Crippen molar-refractivity contribution in [2.24, 2.45) is 5.73 Å². The Kier molecular flexibility index (Phi) is 4.24. The SMILES string of the molecule is N=C(N)c1cc(F)c(OCCc2ccccn2)c(F)c1. The van der Waals surface area contributed by atoms with Gasteiger partial charge >= 0.3 is 0 Å². The molecule has 0 unspecified atom stereocenters. The number of nitrogen functional groups attached to an aromatic ring is 1. The van der Waals surface area contributed by atoms with Crippen LogP contribution in [0.25, 0.3) is 0 Å². The highest BCUT2D eigenvalue weighted by Gasteiger charge is 2.13. The molecule has 0 amide bonds. The number of nitrogens with two attached hydrogens (primary N) is 1. The summed E-state index contributed by atoms with van der Waals surface area (Å²) < 4.78 is 32.4. The van der Waals surface area contributed by atoms with Crippen LogP contribution in [-0.4, -0.2) is 17.4 Å². The molecule has 0 aliphatic carbocycles. The predicted octanol–water partition coefficient (Wildman–Crippen LogP) is 2.27. The van der Waals surface area contributed by atoms with Crippen LogP contribution in [0, 0.1) is 17.0 Å². The van der Waals surface area contributed by atoms with E-state index in [0.29, 0.717) is 6.42 Å². The molecule has 4 nitrogen and oxygen atoms in total. The van der Waals surface area contributed by atoms with Gasteiger partial charge in [0, 0.05) is 23.9 Å². The fourth-order valence-corrected chi connectivity index (χ4v) is 1.66. The first kappa shape index (κ1) is 13.9. The third-order valence-corrected chi connectivity index (χ3v) is 2.64. The van der Waals surface area contributed by atoms with Crippen LogP contribution < -0.4 is 10.5 Å². The van der Waals surface area contributed by atoms with Crippen LogP contribution in [0.3, 0.4) is 0 Å². The quantitative estimate of drug-likeness (QED) is 0.650. The number of nitrogens with one attached hydrogen (secondary N) is 1. The van der Waals surface area contributed by atoms with Crippen LogP contribution in [0.2, 0.25) is 0 Å². The number of pyridine rings is 1. The molecule has 1 aromatic carbocycles. The van der Waals surface area contributed by atoms with Gasteiger partial charge in [-0.1, -0.05) is 6.07 Å². The average Bonchev–Trinajstić information content (AvgIpc) is 2.42. The molecule has 6 heteroatoms. The predicted molar refractivity (Wildman–Crippen MR) is 70.8 cm³/mol. The zero-order valence-electron chi connectivity index (χ0n) is 10.6. The topological polar surface area (TPSA) is 72.0 Å². The van der Waals surface area contributed by atoms with E-state index in [0.717, 1.165) is 17.8 Å². The van der Waals surface area contributed by atoms with Gasteiger partial charge in [-0.25, -0.2) is 8.78 Å². The second kappa shape index (κ2) is 6.10. The Labute approximate surface area is 114 Å². The molecule has 1 aromatic heterocycles. The van der Waals surface area contributed by atoms with Crippen molar-refractivity contribution in [3.63, 3.8) is 0 Å². The van der Waals surface area contributed by atoms with Gasteiger partial charge in [0.25, 0.3) is 0 Å². The Hall–Kier alpha value is -2.50. The Morgan fingerprint density at radius 3 is 2.50 bits per heavy atom. The van der Waals surface area contributed by atoms with Crippen LogP contribution >= 0.6 is 0 Å². The van der Waals surface area contributed by atoms with Crippen LogP contribution in [0.15, 0.2) is 36.5 Å². The van der Waals surface area contributed by atoms with E-state index in [1.54, 1.807) is 18.3 Å². The first-order valence-electron chi connectivity index (χ1n) is 5.94. The zero-order chi connectivity index (χ0) is 14.5. The number of halogens is 2. The lowest BCUT2D eigenvalue weighted by molar-refractivity contribution is 0.287. The van der Waals surface area contributed by atoms with Crippen LogP contribution in [0.1, 0.15) is 11.3 Å². The highest BCUT2D eigenvalue weighted by atomic mass is 19.1. The number of hydrogen-bond acceptors (Lipinski definition) is 3. The van der Waals surface area contributed by atoms with Crippen LogP contribution in [0.5, 0.6) is 5.75 Å². The number of aromatic nitrogens is 1. The van der Waals surface area contributed by atoms with Gasteiger partial charge < -0.3 is 10.5 Å². The number of amidine groups is 1. The fourth-order valence-electron chi connectivity index (χ4n) is 1.66. The number of nitrogens with zero attached hydrogens (tertiary/aromatic N) is 1. The van der Waals surface area contributed by atoms with E-state index in [2.05, 4.69) is 4.98 Å². The molecule has 0 aliphatic rings. The summed E-state index contributed by atoms with van der Waals surface area (Å²) in [6.07, 6.45) is 2.08. The van der Waals surface area contributed by atoms with Crippen molar-refractivity contribution < 1.29 is 13.5 Å². The summed E-state index contributed by atoms with van der Waals surface area (Å²) in [5, 5.41) is 7.14. The van der Waals surface area contributed by atoms with E-state index >= 15 is 0 Å². The van der Waals surface area contributed by atoms with Gasteiger partial charge in [0.1, 0.15) is 5.84 Å². The Morgan fingerprint density at radius 1 is 1.25 bits per heavy atom.